The molecule has 0 spiro atoms. The molecule has 0 radical (unpaired) electrons. The minimum atomic E-state index is -0.126. The zero-order valence-corrected chi connectivity index (χ0v) is 15.6. The van der Waals surface area contributed by atoms with Crippen molar-refractivity contribution in [2.24, 2.45) is 7.05 Å². The maximum Gasteiger partial charge on any atom is 0.265 e. The highest BCUT2D eigenvalue weighted by molar-refractivity contribution is 7.12. The van der Waals surface area contributed by atoms with Gasteiger partial charge in [0.2, 0.25) is 0 Å². The van der Waals surface area contributed by atoms with Crippen molar-refractivity contribution in [1.82, 2.24) is 9.78 Å². The molecule has 25 heavy (non-hydrogen) atoms. The molecule has 0 aliphatic heterocycles. The Morgan fingerprint density at radius 3 is 2.76 bits per heavy atom. The van der Waals surface area contributed by atoms with Gasteiger partial charge in [-0.25, -0.2) is 0 Å². The van der Waals surface area contributed by atoms with Gasteiger partial charge in [-0.1, -0.05) is 17.7 Å². The number of ether oxygens (including phenoxy) is 1. The summed E-state index contributed by atoms with van der Waals surface area (Å²) in [6.07, 6.45) is 1.80. The number of aryl methyl sites for hydroxylation is 4. The molecular weight excluding hydrogens is 334 g/mol. The average Bonchev–Trinajstić information content (AvgIpc) is 3.13. The number of aromatic nitrogens is 2. The van der Waals surface area contributed by atoms with E-state index in [0.29, 0.717) is 11.5 Å². The molecule has 3 aromatic rings. The number of hydrogen-bond acceptors (Lipinski definition) is 4. The number of amides is 1. The van der Waals surface area contributed by atoms with Gasteiger partial charge in [0.25, 0.3) is 5.91 Å². The van der Waals surface area contributed by atoms with Crippen LogP contribution in [0.5, 0.6) is 5.75 Å². The molecule has 0 aliphatic rings. The summed E-state index contributed by atoms with van der Waals surface area (Å²) in [5, 5.41) is 9.08. The van der Waals surface area contributed by atoms with Crippen LogP contribution in [0, 0.1) is 20.8 Å². The molecule has 0 saturated carbocycles. The van der Waals surface area contributed by atoms with Crippen LogP contribution in [0.2, 0.25) is 0 Å². The summed E-state index contributed by atoms with van der Waals surface area (Å²) in [5.41, 5.74) is 4.84. The number of carbonyl (C=O) groups is 1. The molecule has 0 aliphatic carbocycles. The number of hydrogen-bond donors (Lipinski definition) is 1. The predicted molar refractivity (Wildman–Crippen MR) is 100 cm³/mol. The fourth-order valence-electron chi connectivity index (χ4n) is 2.60. The van der Waals surface area contributed by atoms with Crippen LogP contribution in [-0.2, 0) is 13.7 Å². The summed E-state index contributed by atoms with van der Waals surface area (Å²) in [6.45, 7) is 6.41. The Balaban J connectivity index is 1.63. The number of rotatable bonds is 5. The molecule has 1 aromatic carbocycles. The molecular formula is C19H21N3O2S. The lowest BCUT2D eigenvalue weighted by atomic mass is 10.1. The molecule has 0 atom stereocenters. The van der Waals surface area contributed by atoms with E-state index < -0.39 is 0 Å². The fourth-order valence-corrected chi connectivity index (χ4v) is 3.39. The Morgan fingerprint density at radius 1 is 1.28 bits per heavy atom. The Labute approximate surface area is 151 Å². The monoisotopic (exact) mass is 355 g/mol. The number of thiophene rings is 1. The molecule has 0 bridgehead atoms. The maximum absolute atomic E-state index is 12.4. The van der Waals surface area contributed by atoms with Crippen molar-refractivity contribution in [2.75, 3.05) is 5.32 Å². The van der Waals surface area contributed by atoms with Crippen molar-refractivity contribution in [3.8, 4) is 5.75 Å². The van der Waals surface area contributed by atoms with E-state index in [1.807, 2.05) is 44.5 Å². The Bertz CT molecular complexity index is 911. The van der Waals surface area contributed by atoms with Crippen molar-refractivity contribution >= 4 is 22.9 Å². The normalized spacial score (nSPS) is 10.7. The number of carbonyl (C=O) groups excluding carboxylic acids is 1. The predicted octanol–water partition coefficient (Wildman–Crippen LogP) is 4.24. The summed E-state index contributed by atoms with van der Waals surface area (Å²) in [5.74, 6) is 0.743. The van der Waals surface area contributed by atoms with Gasteiger partial charge in [-0.05, 0) is 43.8 Å². The van der Waals surface area contributed by atoms with Gasteiger partial charge in [0, 0.05) is 18.8 Å². The van der Waals surface area contributed by atoms with Crippen LogP contribution < -0.4 is 10.1 Å². The third-order valence-corrected chi connectivity index (χ3v) is 4.84. The van der Waals surface area contributed by atoms with E-state index in [2.05, 4.69) is 23.4 Å². The SMILES string of the molecule is Cc1ccc(OCc2csc(C(=O)Nc3cn(C)nc3C)c2)c(C)c1. The first-order valence-electron chi connectivity index (χ1n) is 8.01. The van der Waals surface area contributed by atoms with Crippen molar-refractivity contribution in [3.05, 3.63) is 63.1 Å². The van der Waals surface area contributed by atoms with E-state index >= 15 is 0 Å². The van der Waals surface area contributed by atoms with Crippen LogP contribution in [0.4, 0.5) is 5.69 Å². The van der Waals surface area contributed by atoms with E-state index in [1.165, 1.54) is 16.9 Å². The summed E-state index contributed by atoms with van der Waals surface area (Å²) in [7, 11) is 1.83. The van der Waals surface area contributed by atoms with Gasteiger partial charge in [-0.15, -0.1) is 11.3 Å². The van der Waals surface area contributed by atoms with Gasteiger partial charge in [0.1, 0.15) is 12.4 Å². The zero-order valence-electron chi connectivity index (χ0n) is 14.8. The lowest BCUT2D eigenvalue weighted by Gasteiger charge is -2.08. The lowest BCUT2D eigenvalue weighted by Crippen LogP contribution is -2.10. The van der Waals surface area contributed by atoms with Crippen LogP contribution in [-0.4, -0.2) is 15.7 Å². The van der Waals surface area contributed by atoms with Gasteiger partial charge < -0.3 is 10.1 Å². The van der Waals surface area contributed by atoms with E-state index in [1.54, 1.807) is 10.9 Å². The molecule has 6 heteroatoms. The molecule has 0 saturated heterocycles. The third kappa shape index (κ3) is 4.09. The summed E-state index contributed by atoms with van der Waals surface area (Å²) >= 11 is 1.41. The van der Waals surface area contributed by atoms with Crippen LogP contribution in [0.15, 0.2) is 35.8 Å². The minimum Gasteiger partial charge on any atom is -0.489 e. The minimum absolute atomic E-state index is 0.126. The average molecular weight is 355 g/mol. The van der Waals surface area contributed by atoms with Gasteiger partial charge >= 0.3 is 0 Å². The van der Waals surface area contributed by atoms with Gasteiger partial charge in [-0.3, -0.25) is 9.48 Å². The van der Waals surface area contributed by atoms with E-state index in [4.69, 9.17) is 4.74 Å². The maximum atomic E-state index is 12.4. The molecule has 0 fully saturated rings. The Kier molecular flexibility index (Phi) is 4.90. The molecule has 130 valence electrons. The molecule has 5 nitrogen and oxygen atoms in total. The first-order chi connectivity index (χ1) is 11.9. The number of nitrogens with one attached hydrogen (secondary N) is 1. The number of benzene rings is 1. The third-order valence-electron chi connectivity index (χ3n) is 3.86. The van der Waals surface area contributed by atoms with Gasteiger partial charge in [-0.2, -0.15) is 5.10 Å². The first kappa shape index (κ1) is 17.2. The van der Waals surface area contributed by atoms with Crippen LogP contribution in [0.25, 0.3) is 0 Å². The second kappa shape index (κ2) is 7.11. The second-order valence-electron chi connectivity index (χ2n) is 6.13. The largest absolute Gasteiger partial charge is 0.489 e. The molecule has 2 aromatic heterocycles. The Morgan fingerprint density at radius 2 is 2.08 bits per heavy atom. The number of anilines is 1. The van der Waals surface area contributed by atoms with Gasteiger partial charge in [0.15, 0.2) is 0 Å². The van der Waals surface area contributed by atoms with E-state index in [-0.39, 0.29) is 5.91 Å². The highest BCUT2D eigenvalue weighted by Crippen LogP contribution is 2.22. The fraction of sp³-hybridized carbons (Fsp3) is 0.263. The topological polar surface area (TPSA) is 56.1 Å². The standard InChI is InChI=1S/C19H21N3O2S/c1-12-5-6-17(13(2)7-12)24-10-15-8-18(25-11-15)19(23)20-16-9-22(4)21-14(16)3/h5-9,11H,10H2,1-4H3,(H,20,23). The van der Waals surface area contributed by atoms with Gasteiger partial charge in [0.05, 0.1) is 16.3 Å². The van der Waals surface area contributed by atoms with Crippen LogP contribution >= 0.6 is 11.3 Å². The quantitative estimate of drug-likeness (QED) is 0.745. The lowest BCUT2D eigenvalue weighted by molar-refractivity contribution is 0.103. The highest BCUT2D eigenvalue weighted by atomic mass is 32.1. The second-order valence-corrected chi connectivity index (χ2v) is 7.04. The molecule has 2 heterocycles. The van der Waals surface area contributed by atoms with E-state index in [0.717, 1.165) is 28.3 Å². The zero-order chi connectivity index (χ0) is 18.0. The van der Waals surface area contributed by atoms with Crippen molar-refractivity contribution in [3.63, 3.8) is 0 Å². The molecule has 0 unspecified atom stereocenters. The summed E-state index contributed by atoms with van der Waals surface area (Å²) < 4.78 is 7.56. The summed E-state index contributed by atoms with van der Waals surface area (Å²) in [4.78, 5) is 13.0. The summed E-state index contributed by atoms with van der Waals surface area (Å²) in [6, 6.07) is 7.98. The number of nitrogens with zero attached hydrogens (tertiary/aromatic N) is 2. The first-order valence-corrected chi connectivity index (χ1v) is 8.89. The van der Waals surface area contributed by atoms with E-state index in [9.17, 15) is 4.79 Å². The van der Waals surface area contributed by atoms with Crippen molar-refractivity contribution < 1.29 is 9.53 Å². The van der Waals surface area contributed by atoms with Crippen LogP contribution in [0.3, 0.4) is 0 Å². The smallest absolute Gasteiger partial charge is 0.265 e. The van der Waals surface area contributed by atoms with Crippen LogP contribution in [0.1, 0.15) is 32.1 Å². The van der Waals surface area contributed by atoms with Crippen molar-refractivity contribution in [2.45, 2.75) is 27.4 Å². The molecule has 1 amide bonds. The van der Waals surface area contributed by atoms with Crippen molar-refractivity contribution in [1.29, 1.82) is 0 Å². The highest BCUT2D eigenvalue weighted by Gasteiger charge is 2.13. The molecule has 1 N–H and O–H groups in total. The molecule has 3 rings (SSSR count). The Hall–Kier alpha value is -2.60.